The van der Waals surface area contributed by atoms with E-state index in [4.69, 9.17) is 22.1 Å². The van der Waals surface area contributed by atoms with Gasteiger partial charge in [-0.25, -0.2) is 10.7 Å². The molecule has 0 heterocycles. The van der Waals surface area contributed by atoms with Crippen molar-refractivity contribution in [2.24, 2.45) is 10.2 Å². The molecule has 0 aliphatic rings. The van der Waals surface area contributed by atoms with Gasteiger partial charge in [-0.1, -0.05) is 23.7 Å². The van der Waals surface area contributed by atoms with Gasteiger partial charge in [-0.15, -0.1) is 10.2 Å². The fourth-order valence-corrected chi connectivity index (χ4v) is 1.83. The molecule has 1 N–H and O–H groups in total. The molecular weight excluding hydrogens is 318 g/mol. The molecule has 0 bridgehead atoms. The first-order chi connectivity index (χ1) is 11.0. The largest absolute Gasteiger partial charge is 0.761 e. The summed E-state index contributed by atoms with van der Waals surface area (Å²) in [7, 11) is 0. The minimum absolute atomic E-state index is 0.0525. The second kappa shape index (κ2) is 7.26. The summed E-state index contributed by atoms with van der Waals surface area (Å²) in [4.78, 5) is 23.2. The van der Waals surface area contributed by atoms with Crippen molar-refractivity contribution in [2.75, 3.05) is 0 Å². The van der Waals surface area contributed by atoms with E-state index < -0.39 is 17.4 Å². The van der Waals surface area contributed by atoms with Gasteiger partial charge in [0.15, 0.2) is 5.70 Å². The van der Waals surface area contributed by atoms with Crippen molar-refractivity contribution in [3.05, 3.63) is 75.8 Å². The fourth-order valence-electron chi connectivity index (χ4n) is 1.70. The highest BCUT2D eigenvalue weighted by atomic mass is 35.5. The number of ketones is 1. The number of hydrogen-bond acceptors (Lipinski definition) is 4. The number of benzene rings is 2. The molecule has 0 aliphatic carbocycles. The number of rotatable bonds is 5. The van der Waals surface area contributed by atoms with Crippen LogP contribution in [0.3, 0.4) is 0 Å². The summed E-state index contributed by atoms with van der Waals surface area (Å²) in [5.74, 6) is -0.143. The summed E-state index contributed by atoms with van der Waals surface area (Å²) < 4.78 is 0. The van der Waals surface area contributed by atoms with E-state index in [2.05, 4.69) is 10.2 Å². The molecule has 0 amide bonds. The van der Waals surface area contributed by atoms with Gasteiger partial charge in [0.2, 0.25) is 5.78 Å². The Hall–Kier alpha value is -3.08. The highest BCUT2D eigenvalue weighted by Gasteiger charge is 2.12. The van der Waals surface area contributed by atoms with Crippen molar-refractivity contribution in [1.29, 1.82) is 0 Å². The number of halogens is 1. The predicted octanol–water partition coefficient (Wildman–Crippen LogP) is 4.13. The average Bonchev–Trinajstić information content (AvgIpc) is 2.56. The summed E-state index contributed by atoms with van der Waals surface area (Å²) >= 11 is 5.74. The van der Waals surface area contributed by atoms with Crippen molar-refractivity contribution in [3.8, 4) is 0 Å². The molecule has 0 aliphatic heterocycles. The Bertz CT molecular complexity index is 838. The molecule has 114 valence electrons. The number of carboxylic acid groups (broad SMARTS) is 1. The van der Waals surface area contributed by atoms with Crippen molar-refractivity contribution in [3.63, 3.8) is 0 Å². The Kier molecular flexibility index (Phi) is 5.15. The maximum Gasteiger partial charge on any atom is 0.337 e. The van der Waals surface area contributed by atoms with Gasteiger partial charge in [0.1, 0.15) is 5.69 Å². The van der Waals surface area contributed by atoms with Crippen molar-refractivity contribution >= 4 is 34.9 Å². The highest BCUT2D eigenvalue weighted by Crippen LogP contribution is 2.20. The van der Waals surface area contributed by atoms with E-state index in [1.807, 2.05) is 0 Å². The standard InChI is InChI=1S/C16H9ClN3O3/c17-11-7-5-10(6-8-11)15(21)14(9-18)20-19-13-4-2-1-3-12(13)16(22)23/h1-8H,(H,22,23)/q-1. The topological polar surface area (TPSA) is 101 Å². The van der Waals surface area contributed by atoms with Crippen molar-refractivity contribution in [1.82, 2.24) is 0 Å². The molecule has 23 heavy (non-hydrogen) atoms. The van der Waals surface area contributed by atoms with Crippen LogP contribution in [0.2, 0.25) is 5.02 Å². The Morgan fingerprint density at radius 1 is 1.09 bits per heavy atom. The van der Waals surface area contributed by atoms with E-state index >= 15 is 0 Å². The molecule has 7 heteroatoms. The Balaban J connectivity index is 2.30. The van der Waals surface area contributed by atoms with Gasteiger partial charge in [-0.05, 0) is 36.4 Å². The number of carbonyl (C=O) groups is 2. The van der Waals surface area contributed by atoms with Crippen LogP contribution in [0.15, 0.2) is 64.5 Å². The second-order valence-electron chi connectivity index (χ2n) is 4.32. The summed E-state index contributed by atoms with van der Waals surface area (Å²) in [5, 5.41) is 25.9. The van der Waals surface area contributed by atoms with Crippen LogP contribution >= 0.6 is 11.6 Å². The normalized spacial score (nSPS) is 10.3. The van der Waals surface area contributed by atoms with E-state index in [-0.39, 0.29) is 16.8 Å². The number of carboxylic acids is 1. The highest BCUT2D eigenvalue weighted by molar-refractivity contribution is 6.30. The number of Topliss-reactive ketones (excluding diaryl/α,β-unsaturated/α-hetero) is 1. The Labute approximate surface area is 136 Å². The van der Waals surface area contributed by atoms with Gasteiger partial charge >= 0.3 is 5.97 Å². The molecule has 2 aromatic carbocycles. The van der Waals surface area contributed by atoms with Crippen molar-refractivity contribution < 1.29 is 14.7 Å². The number of allylic oxidation sites excluding steroid dienone is 1. The first-order valence-corrected chi connectivity index (χ1v) is 6.72. The summed E-state index contributed by atoms with van der Waals surface area (Å²) in [6, 6.07) is 11.8. The Morgan fingerprint density at radius 2 is 1.74 bits per heavy atom. The molecule has 0 fully saturated rings. The van der Waals surface area contributed by atoms with Crippen LogP contribution < -0.4 is 0 Å². The molecule has 0 saturated heterocycles. The maximum atomic E-state index is 12.2. The summed E-state index contributed by atoms with van der Waals surface area (Å²) in [6.07, 6.45) is 0. The molecule has 0 unspecified atom stereocenters. The quantitative estimate of drug-likeness (QED) is 0.387. The van der Waals surface area contributed by atoms with Crippen LogP contribution in [0.25, 0.3) is 5.41 Å². The van der Waals surface area contributed by atoms with E-state index in [9.17, 15) is 9.59 Å². The van der Waals surface area contributed by atoms with Gasteiger partial charge in [0.25, 0.3) is 0 Å². The van der Waals surface area contributed by atoms with Crippen LogP contribution in [0.5, 0.6) is 0 Å². The lowest BCUT2D eigenvalue weighted by molar-refractivity contribution is 0.0697. The SMILES string of the molecule is [N-]=C=C(N=Nc1ccccc1C(=O)O)C(=O)c1ccc(Cl)cc1. The minimum atomic E-state index is -1.18. The zero-order valence-electron chi connectivity index (χ0n) is 11.6. The van der Waals surface area contributed by atoms with E-state index in [1.165, 1.54) is 42.5 Å². The zero-order chi connectivity index (χ0) is 16.8. The lowest BCUT2D eigenvalue weighted by atomic mass is 10.1. The molecular formula is C16H9ClN3O3-. The van der Waals surface area contributed by atoms with Crippen LogP contribution in [-0.2, 0) is 0 Å². The third-order valence-corrected chi connectivity index (χ3v) is 3.07. The van der Waals surface area contributed by atoms with E-state index in [0.29, 0.717) is 5.02 Å². The van der Waals surface area contributed by atoms with Crippen molar-refractivity contribution in [2.45, 2.75) is 0 Å². The maximum absolute atomic E-state index is 12.2. The Morgan fingerprint density at radius 3 is 2.35 bits per heavy atom. The van der Waals surface area contributed by atoms with Gasteiger partial charge in [-0.3, -0.25) is 4.79 Å². The van der Waals surface area contributed by atoms with Crippen LogP contribution in [0, 0.1) is 0 Å². The van der Waals surface area contributed by atoms with Crippen LogP contribution in [-0.4, -0.2) is 22.7 Å². The zero-order valence-corrected chi connectivity index (χ0v) is 12.4. The first-order valence-electron chi connectivity index (χ1n) is 6.34. The summed E-state index contributed by atoms with van der Waals surface area (Å²) in [6.45, 7) is 0. The van der Waals surface area contributed by atoms with Gasteiger partial charge in [0.05, 0.1) is 5.56 Å². The number of aromatic carboxylic acids is 1. The molecule has 6 nitrogen and oxygen atoms in total. The van der Waals surface area contributed by atoms with E-state index in [1.54, 1.807) is 11.9 Å². The molecule has 2 aromatic rings. The average molecular weight is 327 g/mol. The first kappa shape index (κ1) is 16.3. The lowest BCUT2D eigenvalue weighted by Gasteiger charge is -2.01. The minimum Gasteiger partial charge on any atom is -0.761 e. The molecule has 2 rings (SSSR count). The smallest absolute Gasteiger partial charge is 0.337 e. The number of azo groups is 1. The molecule has 0 saturated carbocycles. The van der Waals surface area contributed by atoms with Gasteiger partial charge < -0.3 is 10.5 Å². The van der Waals surface area contributed by atoms with Crippen LogP contribution in [0.4, 0.5) is 5.69 Å². The third-order valence-electron chi connectivity index (χ3n) is 2.82. The number of nitrogens with zero attached hydrogens (tertiary/aromatic N) is 3. The summed E-state index contributed by atoms with van der Waals surface area (Å²) in [5.41, 5.74) is -0.243. The van der Waals surface area contributed by atoms with Crippen LogP contribution in [0.1, 0.15) is 20.7 Å². The predicted molar refractivity (Wildman–Crippen MR) is 85.6 cm³/mol. The molecule has 0 spiro atoms. The molecule has 0 atom stereocenters. The van der Waals surface area contributed by atoms with Gasteiger partial charge in [-0.2, -0.15) is 0 Å². The monoisotopic (exact) mass is 326 g/mol. The molecule has 0 radical (unpaired) electrons. The van der Waals surface area contributed by atoms with E-state index in [0.717, 1.165) is 0 Å². The fraction of sp³-hybridized carbons (Fsp3) is 0. The second-order valence-corrected chi connectivity index (χ2v) is 4.76. The molecule has 0 aromatic heterocycles. The lowest BCUT2D eigenvalue weighted by Crippen LogP contribution is -2.01. The number of carbonyl (C=O) groups excluding carboxylic acids is 1. The number of hydrogen-bond donors (Lipinski definition) is 1. The van der Waals surface area contributed by atoms with Gasteiger partial charge in [0, 0.05) is 10.6 Å². The third kappa shape index (κ3) is 3.97.